The minimum atomic E-state index is -4.49. The number of aliphatic hydroxyl groups is 1. The lowest BCUT2D eigenvalue weighted by Gasteiger charge is -2.13. The molecule has 0 fully saturated rings. The van der Waals surface area contributed by atoms with Crippen LogP contribution in [-0.4, -0.2) is 39.6 Å². The van der Waals surface area contributed by atoms with Gasteiger partial charge in [-0.2, -0.15) is 13.2 Å². The van der Waals surface area contributed by atoms with E-state index in [1.165, 1.54) is 0 Å². The minimum Gasteiger partial charge on any atom is -0.390 e. The van der Waals surface area contributed by atoms with Crippen molar-refractivity contribution < 1.29 is 23.0 Å². The van der Waals surface area contributed by atoms with Gasteiger partial charge >= 0.3 is 6.18 Å². The second kappa shape index (κ2) is 7.06. The summed E-state index contributed by atoms with van der Waals surface area (Å²) in [6.45, 7) is 3.79. The zero-order valence-corrected chi connectivity index (χ0v) is 11.3. The van der Waals surface area contributed by atoms with Gasteiger partial charge in [0.05, 0.1) is 18.8 Å². The SMILES string of the molecule is CC(C)OCC(O)CSc1nccc(C(F)(F)F)n1. The lowest BCUT2D eigenvalue weighted by Crippen LogP contribution is -2.20. The van der Waals surface area contributed by atoms with Crippen molar-refractivity contribution in [1.29, 1.82) is 0 Å². The minimum absolute atomic E-state index is 0.00976. The third-order valence-electron chi connectivity index (χ3n) is 1.95. The van der Waals surface area contributed by atoms with Crippen LogP contribution >= 0.6 is 11.8 Å². The molecule has 1 rings (SSSR count). The van der Waals surface area contributed by atoms with E-state index in [0.717, 1.165) is 24.0 Å². The van der Waals surface area contributed by atoms with Gasteiger partial charge in [-0.15, -0.1) is 0 Å². The molecule has 1 unspecified atom stereocenters. The van der Waals surface area contributed by atoms with E-state index in [1.807, 2.05) is 13.8 Å². The van der Waals surface area contributed by atoms with E-state index in [1.54, 1.807) is 0 Å². The Morgan fingerprint density at radius 3 is 2.68 bits per heavy atom. The van der Waals surface area contributed by atoms with Crippen molar-refractivity contribution in [2.75, 3.05) is 12.4 Å². The van der Waals surface area contributed by atoms with Crippen LogP contribution in [0.1, 0.15) is 19.5 Å². The molecule has 19 heavy (non-hydrogen) atoms. The average molecular weight is 296 g/mol. The molecule has 0 spiro atoms. The summed E-state index contributed by atoms with van der Waals surface area (Å²) in [4.78, 5) is 7.11. The summed E-state index contributed by atoms with van der Waals surface area (Å²) < 4.78 is 42.4. The van der Waals surface area contributed by atoms with Crippen molar-refractivity contribution in [2.24, 2.45) is 0 Å². The third-order valence-corrected chi connectivity index (χ3v) is 2.96. The summed E-state index contributed by atoms with van der Waals surface area (Å²) in [5.41, 5.74) is -0.988. The molecular formula is C11H15F3N2O2S. The molecule has 0 bridgehead atoms. The van der Waals surface area contributed by atoms with Gasteiger partial charge in [-0.25, -0.2) is 9.97 Å². The van der Waals surface area contributed by atoms with Crippen LogP contribution in [0.5, 0.6) is 0 Å². The first kappa shape index (κ1) is 16.2. The van der Waals surface area contributed by atoms with Gasteiger partial charge in [0, 0.05) is 11.9 Å². The largest absolute Gasteiger partial charge is 0.433 e. The molecule has 108 valence electrons. The van der Waals surface area contributed by atoms with E-state index in [-0.39, 0.29) is 23.6 Å². The molecule has 0 aliphatic rings. The highest BCUT2D eigenvalue weighted by Crippen LogP contribution is 2.28. The number of ether oxygens (including phenoxy) is 1. The van der Waals surface area contributed by atoms with Gasteiger partial charge in [0.25, 0.3) is 0 Å². The normalized spacial score (nSPS) is 13.8. The number of nitrogens with zero attached hydrogens (tertiary/aromatic N) is 2. The number of rotatable bonds is 6. The molecule has 4 nitrogen and oxygen atoms in total. The highest BCUT2D eigenvalue weighted by molar-refractivity contribution is 7.99. The first-order valence-electron chi connectivity index (χ1n) is 5.61. The molecule has 0 saturated heterocycles. The van der Waals surface area contributed by atoms with Gasteiger partial charge in [-0.1, -0.05) is 11.8 Å². The van der Waals surface area contributed by atoms with Gasteiger partial charge in [0.2, 0.25) is 0 Å². The fourth-order valence-corrected chi connectivity index (χ4v) is 1.83. The van der Waals surface area contributed by atoms with E-state index in [9.17, 15) is 18.3 Å². The number of alkyl halides is 3. The van der Waals surface area contributed by atoms with E-state index >= 15 is 0 Å². The number of hydrogen-bond donors (Lipinski definition) is 1. The van der Waals surface area contributed by atoms with Crippen LogP contribution in [0, 0.1) is 0 Å². The zero-order chi connectivity index (χ0) is 14.5. The van der Waals surface area contributed by atoms with Crippen LogP contribution in [0.25, 0.3) is 0 Å². The smallest absolute Gasteiger partial charge is 0.390 e. The van der Waals surface area contributed by atoms with Crippen molar-refractivity contribution in [1.82, 2.24) is 9.97 Å². The Balaban J connectivity index is 2.49. The molecule has 0 saturated carbocycles. The van der Waals surface area contributed by atoms with Crippen LogP contribution in [0.2, 0.25) is 0 Å². The Bertz CT molecular complexity index is 402. The Labute approximate surface area is 113 Å². The molecule has 1 N–H and O–H groups in total. The average Bonchev–Trinajstić information content (AvgIpc) is 2.33. The monoisotopic (exact) mass is 296 g/mol. The number of aromatic nitrogens is 2. The van der Waals surface area contributed by atoms with Gasteiger partial charge in [-0.3, -0.25) is 0 Å². The first-order chi connectivity index (χ1) is 8.79. The predicted octanol–water partition coefficient (Wildman–Crippen LogP) is 2.37. The highest BCUT2D eigenvalue weighted by Gasteiger charge is 2.32. The Kier molecular flexibility index (Phi) is 6.02. The topological polar surface area (TPSA) is 55.2 Å². The molecule has 8 heteroatoms. The van der Waals surface area contributed by atoms with Crippen LogP contribution in [0.4, 0.5) is 13.2 Å². The number of aliphatic hydroxyl groups excluding tert-OH is 1. The number of hydrogen-bond acceptors (Lipinski definition) is 5. The van der Waals surface area contributed by atoms with E-state index in [2.05, 4.69) is 9.97 Å². The van der Waals surface area contributed by atoms with E-state index in [0.29, 0.717) is 0 Å². The summed E-state index contributed by atoms with van der Waals surface area (Å²) in [5.74, 6) is 0.175. The van der Waals surface area contributed by atoms with E-state index in [4.69, 9.17) is 4.74 Å². The molecule has 0 radical (unpaired) electrons. The summed E-state index contributed by atoms with van der Waals surface area (Å²) in [7, 11) is 0. The Morgan fingerprint density at radius 2 is 2.11 bits per heavy atom. The van der Waals surface area contributed by atoms with Crippen molar-refractivity contribution in [3.63, 3.8) is 0 Å². The van der Waals surface area contributed by atoms with Crippen molar-refractivity contribution >= 4 is 11.8 Å². The molecule has 0 amide bonds. The van der Waals surface area contributed by atoms with Gasteiger partial charge < -0.3 is 9.84 Å². The fraction of sp³-hybridized carbons (Fsp3) is 0.636. The Hall–Kier alpha value is -0.860. The molecule has 1 aromatic rings. The molecule has 1 heterocycles. The molecule has 0 aromatic carbocycles. The zero-order valence-electron chi connectivity index (χ0n) is 10.5. The number of halogens is 3. The van der Waals surface area contributed by atoms with Gasteiger partial charge in [0.1, 0.15) is 5.69 Å². The summed E-state index contributed by atoms with van der Waals surface area (Å²) in [6, 6.07) is 0.808. The lowest BCUT2D eigenvalue weighted by atomic mass is 10.4. The van der Waals surface area contributed by atoms with Crippen LogP contribution in [-0.2, 0) is 10.9 Å². The first-order valence-corrected chi connectivity index (χ1v) is 6.60. The van der Waals surface area contributed by atoms with Crippen molar-refractivity contribution in [3.8, 4) is 0 Å². The van der Waals surface area contributed by atoms with Gasteiger partial charge in [0.15, 0.2) is 5.16 Å². The maximum atomic E-state index is 12.4. The van der Waals surface area contributed by atoms with E-state index < -0.39 is 18.0 Å². The summed E-state index contributed by atoms with van der Waals surface area (Å²) in [5, 5.41) is 9.55. The summed E-state index contributed by atoms with van der Waals surface area (Å²) in [6.07, 6.45) is -4.22. The number of thioether (sulfide) groups is 1. The Morgan fingerprint density at radius 1 is 1.42 bits per heavy atom. The molecular weight excluding hydrogens is 281 g/mol. The fourth-order valence-electron chi connectivity index (χ4n) is 1.09. The highest BCUT2D eigenvalue weighted by atomic mass is 32.2. The quantitative estimate of drug-likeness (QED) is 0.645. The second-order valence-corrected chi connectivity index (χ2v) is 5.06. The predicted molar refractivity (Wildman–Crippen MR) is 64.9 cm³/mol. The molecule has 0 aliphatic heterocycles. The third kappa shape index (κ3) is 6.22. The van der Waals surface area contributed by atoms with Crippen LogP contribution in [0.15, 0.2) is 17.4 Å². The maximum Gasteiger partial charge on any atom is 0.433 e. The lowest BCUT2D eigenvalue weighted by molar-refractivity contribution is -0.141. The van der Waals surface area contributed by atoms with Crippen LogP contribution in [0.3, 0.4) is 0 Å². The summed E-state index contributed by atoms with van der Waals surface area (Å²) >= 11 is 0.958. The maximum absolute atomic E-state index is 12.4. The van der Waals surface area contributed by atoms with Crippen LogP contribution < -0.4 is 0 Å². The van der Waals surface area contributed by atoms with Crippen molar-refractivity contribution in [2.45, 2.75) is 37.4 Å². The standard InChI is InChI=1S/C11H15F3N2O2S/c1-7(2)18-5-8(17)6-19-10-15-4-3-9(16-10)11(12,13)14/h3-4,7-8,17H,5-6H2,1-2H3. The van der Waals surface area contributed by atoms with Crippen molar-refractivity contribution in [3.05, 3.63) is 18.0 Å². The molecule has 0 aliphatic carbocycles. The molecule has 1 aromatic heterocycles. The second-order valence-electron chi connectivity index (χ2n) is 4.07. The van der Waals surface area contributed by atoms with Gasteiger partial charge in [-0.05, 0) is 19.9 Å². The molecule has 1 atom stereocenters.